The summed E-state index contributed by atoms with van der Waals surface area (Å²) in [5, 5.41) is 18.7. The van der Waals surface area contributed by atoms with Crippen molar-refractivity contribution < 1.29 is 19.3 Å². The van der Waals surface area contributed by atoms with Gasteiger partial charge in [-0.05, 0) is 0 Å². The third-order valence-electron chi connectivity index (χ3n) is 2.67. The van der Waals surface area contributed by atoms with E-state index in [1.54, 1.807) is 4.98 Å². The maximum atomic E-state index is 13.1. The molecule has 0 bridgehead atoms. The van der Waals surface area contributed by atoms with Crippen LogP contribution in [0.25, 0.3) is 0 Å². The third kappa shape index (κ3) is 2.14. The van der Waals surface area contributed by atoms with Gasteiger partial charge in [0, 0.05) is 0 Å². The van der Waals surface area contributed by atoms with Crippen molar-refractivity contribution in [1.29, 1.82) is 0 Å². The summed E-state index contributed by atoms with van der Waals surface area (Å²) in [5.74, 6) is -1.14. The predicted molar refractivity (Wildman–Crippen MR) is 61.0 cm³/mol. The minimum atomic E-state index is -1.14. The Morgan fingerprint density at radius 2 is 2.22 bits per heavy atom. The van der Waals surface area contributed by atoms with Gasteiger partial charge in [-0.1, -0.05) is 15.9 Å². The van der Waals surface area contributed by atoms with E-state index in [4.69, 9.17) is 9.84 Å². The Morgan fingerprint density at radius 3 is 2.78 bits per heavy atom. The molecule has 0 amide bonds. The van der Waals surface area contributed by atoms with E-state index in [2.05, 4.69) is 15.9 Å². The van der Waals surface area contributed by atoms with E-state index in [1.807, 2.05) is 0 Å². The summed E-state index contributed by atoms with van der Waals surface area (Å²) in [6.07, 6.45) is -2.26. The van der Waals surface area contributed by atoms with E-state index in [0.717, 1.165) is 4.57 Å². The summed E-state index contributed by atoms with van der Waals surface area (Å²) in [6.45, 7) is -0.444. The molecule has 1 aliphatic rings. The van der Waals surface area contributed by atoms with Crippen LogP contribution in [0.2, 0.25) is 0 Å². The summed E-state index contributed by atoms with van der Waals surface area (Å²) in [5.41, 5.74) is -1.98. The van der Waals surface area contributed by atoms with Crippen LogP contribution in [0.5, 0.6) is 0 Å². The Morgan fingerprint density at radius 1 is 1.56 bits per heavy atom. The number of aliphatic hydroxyl groups is 2. The Hall–Kier alpha value is -1.03. The second kappa shape index (κ2) is 4.92. The first-order valence-corrected chi connectivity index (χ1v) is 5.96. The lowest BCUT2D eigenvalue weighted by Gasteiger charge is -2.16. The van der Waals surface area contributed by atoms with E-state index in [9.17, 15) is 19.1 Å². The monoisotopic (exact) mass is 324 g/mol. The molecule has 1 fully saturated rings. The van der Waals surface area contributed by atoms with E-state index >= 15 is 0 Å². The molecule has 0 aliphatic carbocycles. The summed E-state index contributed by atoms with van der Waals surface area (Å²) >= 11 is 3.10. The van der Waals surface area contributed by atoms with Gasteiger partial charge < -0.3 is 14.9 Å². The third-order valence-corrected chi connectivity index (χ3v) is 3.67. The first-order chi connectivity index (χ1) is 8.45. The van der Waals surface area contributed by atoms with Gasteiger partial charge in [-0.25, -0.2) is 4.79 Å². The topological polar surface area (TPSA) is 105 Å². The Labute approximate surface area is 108 Å². The maximum absolute atomic E-state index is 13.1. The SMILES string of the molecule is O=c1[nH]c(=O)n([C@@H]2O[C@H](CO)C(O)[C@@H]2Br)cc1F. The van der Waals surface area contributed by atoms with Crippen molar-refractivity contribution in [1.82, 2.24) is 9.55 Å². The Balaban J connectivity index is 2.42. The van der Waals surface area contributed by atoms with Crippen molar-refractivity contribution >= 4 is 15.9 Å². The van der Waals surface area contributed by atoms with Gasteiger partial charge in [-0.3, -0.25) is 14.3 Å². The molecule has 100 valence electrons. The van der Waals surface area contributed by atoms with Crippen LogP contribution in [-0.4, -0.2) is 43.4 Å². The van der Waals surface area contributed by atoms with E-state index < -0.39 is 46.9 Å². The quantitative estimate of drug-likeness (QED) is 0.586. The number of halogens is 2. The van der Waals surface area contributed by atoms with Gasteiger partial charge in [0.25, 0.3) is 5.56 Å². The molecule has 1 unspecified atom stereocenters. The van der Waals surface area contributed by atoms with Crippen LogP contribution in [0.15, 0.2) is 15.8 Å². The molecular formula is C9H10BrFN2O5. The summed E-state index contributed by atoms with van der Waals surface area (Å²) in [4.78, 5) is 23.5. The van der Waals surface area contributed by atoms with Crippen LogP contribution >= 0.6 is 15.9 Å². The fraction of sp³-hybridized carbons (Fsp3) is 0.556. The molecule has 2 rings (SSSR count). The van der Waals surface area contributed by atoms with Crippen LogP contribution < -0.4 is 11.2 Å². The van der Waals surface area contributed by atoms with Crippen LogP contribution in [0.4, 0.5) is 4.39 Å². The molecule has 1 saturated heterocycles. The Kier molecular flexibility index (Phi) is 3.66. The molecule has 1 aliphatic heterocycles. The Bertz CT molecular complexity index is 559. The normalized spacial score (nSPS) is 31.8. The van der Waals surface area contributed by atoms with Gasteiger partial charge in [0.05, 0.1) is 23.7 Å². The summed E-state index contributed by atoms with van der Waals surface area (Å²) in [6, 6.07) is 0. The number of alkyl halides is 1. The van der Waals surface area contributed by atoms with Crippen molar-refractivity contribution in [3.63, 3.8) is 0 Å². The van der Waals surface area contributed by atoms with Gasteiger partial charge in [0.15, 0.2) is 6.23 Å². The molecule has 18 heavy (non-hydrogen) atoms. The zero-order valence-electron chi connectivity index (χ0n) is 8.92. The lowest BCUT2D eigenvalue weighted by atomic mass is 10.2. The van der Waals surface area contributed by atoms with Crippen LogP contribution in [-0.2, 0) is 4.74 Å². The molecule has 0 aromatic carbocycles. The molecule has 7 nitrogen and oxygen atoms in total. The van der Waals surface area contributed by atoms with Crippen molar-refractivity contribution in [2.24, 2.45) is 0 Å². The smallest absolute Gasteiger partial charge is 0.330 e. The van der Waals surface area contributed by atoms with Crippen LogP contribution in [0.3, 0.4) is 0 Å². The van der Waals surface area contributed by atoms with Gasteiger partial charge >= 0.3 is 5.69 Å². The van der Waals surface area contributed by atoms with Gasteiger partial charge in [-0.2, -0.15) is 4.39 Å². The molecule has 0 saturated carbocycles. The maximum Gasteiger partial charge on any atom is 0.330 e. The van der Waals surface area contributed by atoms with Crippen molar-refractivity contribution in [2.75, 3.05) is 6.61 Å². The van der Waals surface area contributed by atoms with E-state index in [-0.39, 0.29) is 0 Å². The minimum Gasteiger partial charge on any atom is -0.394 e. The molecule has 1 aromatic rings. The van der Waals surface area contributed by atoms with Gasteiger partial charge in [0.2, 0.25) is 5.82 Å². The standard InChI is InChI=1S/C9H10BrFN2O5/c10-5-6(15)4(2-14)18-8(5)13-1-3(11)7(16)12-9(13)17/h1,4-6,8,14-15H,2H2,(H,12,16,17)/t4-,5+,6?,8-/m1/s1. The zero-order chi connectivity index (χ0) is 13.4. The number of nitrogens with one attached hydrogen (secondary N) is 1. The van der Waals surface area contributed by atoms with Crippen molar-refractivity contribution in [3.05, 3.63) is 32.9 Å². The fourth-order valence-corrected chi connectivity index (χ4v) is 2.45. The number of nitrogens with zero attached hydrogens (tertiary/aromatic N) is 1. The highest BCUT2D eigenvalue weighted by molar-refractivity contribution is 9.09. The number of rotatable bonds is 2. The lowest BCUT2D eigenvalue weighted by Crippen LogP contribution is -2.36. The second-order valence-corrected chi connectivity index (χ2v) is 4.88. The number of hydrogen-bond acceptors (Lipinski definition) is 5. The average Bonchev–Trinajstić information content (AvgIpc) is 2.61. The minimum absolute atomic E-state index is 0.444. The van der Waals surface area contributed by atoms with Crippen molar-refractivity contribution in [2.45, 2.75) is 23.3 Å². The molecule has 0 spiro atoms. The molecule has 4 atom stereocenters. The van der Waals surface area contributed by atoms with Gasteiger partial charge in [-0.15, -0.1) is 0 Å². The number of aliphatic hydroxyl groups excluding tert-OH is 2. The second-order valence-electron chi connectivity index (χ2n) is 3.83. The lowest BCUT2D eigenvalue weighted by molar-refractivity contribution is -0.0459. The predicted octanol–water partition coefficient (Wildman–Crippen LogP) is -1.31. The molecule has 2 heterocycles. The van der Waals surface area contributed by atoms with Crippen LogP contribution in [0.1, 0.15) is 6.23 Å². The number of aromatic amines is 1. The molecule has 3 N–H and O–H groups in total. The first-order valence-electron chi connectivity index (χ1n) is 5.05. The molecule has 9 heteroatoms. The fourth-order valence-electron chi connectivity index (χ4n) is 1.73. The van der Waals surface area contributed by atoms with E-state index in [0.29, 0.717) is 6.20 Å². The van der Waals surface area contributed by atoms with Crippen molar-refractivity contribution in [3.8, 4) is 0 Å². The highest BCUT2D eigenvalue weighted by Gasteiger charge is 2.43. The highest BCUT2D eigenvalue weighted by atomic mass is 79.9. The number of aromatic nitrogens is 2. The summed E-state index contributed by atoms with van der Waals surface area (Å²) < 4.78 is 19.2. The zero-order valence-corrected chi connectivity index (χ0v) is 10.5. The van der Waals surface area contributed by atoms with Crippen LogP contribution in [0, 0.1) is 5.82 Å². The molecular weight excluding hydrogens is 315 g/mol. The number of hydrogen-bond donors (Lipinski definition) is 3. The molecule has 1 aromatic heterocycles. The number of ether oxygens (including phenoxy) is 1. The largest absolute Gasteiger partial charge is 0.394 e. The van der Waals surface area contributed by atoms with E-state index in [1.165, 1.54) is 0 Å². The summed E-state index contributed by atoms with van der Waals surface area (Å²) in [7, 11) is 0. The number of H-pyrrole nitrogens is 1. The first kappa shape index (κ1) is 13.4. The molecule has 0 radical (unpaired) electrons. The average molecular weight is 325 g/mol. The van der Waals surface area contributed by atoms with Gasteiger partial charge in [0.1, 0.15) is 6.10 Å². The highest BCUT2D eigenvalue weighted by Crippen LogP contribution is 2.33.